The highest BCUT2D eigenvalue weighted by Gasteiger charge is 2.17. The fraction of sp³-hybridized carbons (Fsp3) is 0. The van der Waals surface area contributed by atoms with E-state index >= 15 is 0 Å². The summed E-state index contributed by atoms with van der Waals surface area (Å²) < 4.78 is 34.1. The van der Waals surface area contributed by atoms with Gasteiger partial charge in [0.25, 0.3) is 0 Å². The second kappa shape index (κ2) is 9.70. The quantitative estimate of drug-likeness (QED) is 0.211. The first-order valence-electron chi connectivity index (χ1n) is 10.2. The molecular weight excluding hydrogens is 468 g/mol. The van der Waals surface area contributed by atoms with Gasteiger partial charge in [0.05, 0.1) is 0 Å². The van der Waals surface area contributed by atoms with Crippen molar-refractivity contribution in [2.45, 2.75) is 0 Å². The maximum Gasteiger partial charge on any atom is 0.394 e. The zero-order valence-corrected chi connectivity index (χ0v) is 19.5. The Balaban J connectivity index is 0.000000499. The molecule has 0 aliphatic heterocycles. The van der Waals surface area contributed by atoms with Crippen LogP contribution >= 0.6 is 11.3 Å². The fourth-order valence-electron chi connectivity index (χ4n) is 3.89. The highest BCUT2D eigenvalue weighted by molar-refractivity contribution is 7.79. The number of aldehydes is 1. The molecule has 0 aliphatic carbocycles. The lowest BCUT2D eigenvalue weighted by atomic mass is 9.88. The molecule has 5 nitrogen and oxygen atoms in total. The summed E-state index contributed by atoms with van der Waals surface area (Å²) >= 11 is 1.81. The molecule has 0 atom stereocenters. The Kier molecular flexibility index (Phi) is 6.72. The maximum atomic E-state index is 11.1. The molecule has 0 spiro atoms. The van der Waals surface area contributed by atoms with E-state index in [4.69, 9.17) is 17.5 Å². The van der Waals surface area contributed by atoms with Gasteiger partial charge in [0.15, 0.2) is 0 Å². The number of carbonyl (C=O) groups excluding carboxylic acids is 1. The number of thiophene rings is 1. The van der Waals surface area contributed by atoms with Gasteiger partial charge >= 0.3 is 10.4 Å². The van der Waals surface area contributed by atoms with E-state index in [-0.39, 0.29) is 0 Å². The van der Waals surface area contributed by atoms with Crippen LogP contribution in [0.5, 0.6) is 0 Å². The zero-order chi connectivity index (χ0) is 24.3. The van der Waals surface area contributed by atoms with Crippen molar-refractivity contribution in [3.63, 3.8) is 0 Å². The van der Waals surface area contributed by atoms with Crippen LogP contribution in [0.4, 0.5) is 0 Å². The largest absolute Gasteiger partial charge is 0.394 e. The van der Waals surface area contributed by atoms with Crippen LogP contribution in [0.1, 0.15) is 21.5 Å². The van der Waals surface area contributed by atoms with E-state index in [1.807, 2.05) is 53.8 Å². The predicted octanol–water partition coefficient (Wildman–Crippen LogP) is 6.94. The van der Waals surface area contributed by atoms with Crippen molar-refractivity contribution in [3.05, 3.63) is 114 Å². The van der Waals surface area contributed by atoms with Crippen molar-refractivity contribution in [1.82, 2.24) is 0 Å². The summed E-state index contributed by atoms with van der Waals surface area (Å²) in [4.78, 5) is 11.1. The van der Waals surface area contributed by atoms with Gasteiger partial charge in [-0.25, -0.2) is 0 Å². The topological polar surface area (TPSA) is 91.7 Å². The van der Waals surface area contributed by atoms with Gasteiger partial charge in [-0.15, -0.1) is 11.3 Å². The lowest BCUT2D eigenvalue weighted by Crippen LogP contribution is -1.92. The van der Waals surface area contributed by atoms with E-state index in [0.29, 0.717) is 5.56 Å². The van der Waals surface area contributed by atoms with Crippen molar-refractivity contribution in [2.75, 3.05) is 0 Å². The molecule has 0 radical (unpaired) electrons. The van der Waals surface area contributed by atoms with E-state index in [0.717, 1.165) is 28.5 Å². The molecule has 1 heterocycles. The van der Waals surface area contributed by atoms with Crippen molar-refractivity contribution in [3.8, 4) is 11.1 Å². The van der Waals surface area contributed by atoms with Gasteiger partial charge in [0.2, 0.25) is 0 Å². The second-order valence-electron chi connectivity index (χ2n) is 7.49. The molecule has 0 amide bonds. The molecule has 1 aromatic heterocycles. The molecule has 4 aromatic carbocycles. The summed E-state index contributed by atoms with van der Waals surface area (Å²) in [5, 5.41) is 2.50. The van der Waals surface area contributed by atoms with Gasteiger partial charge in [0, 0.05) is 25.7 Å². The Morgan fingerprint density at radius 2 is 1.41 bits per heavy atom. The SMILES string of the molecule is C=C(c1ccccc1)c1ccc2sc3ccccc3c2c1-c1ccc(C=O)cc1.O=S(=O)(O)O. The average Bonchev–Trinajstić information content (AvgIpc) is 3.21. The third-order valence-corrected chi connectivity index (χ3v) is 6.46. The van der Waals surface area contributed by atoms with Gasteiger partial charge < -0.3 is 0 Å². The molecule has 0 saturated carbocycles. The number of carbonyl (C=O) groups is 1. The summed E-state index contributed by atoms with van der Waals surface area (Å²) in [6.07, 6.45) is 0.883. The standard InChI is InChI=1S/C27H18OS.H2O4S/c1-18(20-7-3-2-4-8-20)22-15-16-25-27(23-9-5-6-10-24(23)29-25)26(22)21-13-11-19(17-28)12-14-21;1-5(2,3)4/h2-17H,1H2;(H2,1,2,3,4). The van der Waals surface area contributed by atoms with Crippen LogP contribution in [-0.4, -0.2) is 23.8 Å². The van der Waals surface area contributed by atoms with Gasteiger partial charge in [0.1, 0.15) is 6.29 Å². The molecule has 2 N–H and O–H groups in total. The maximum absolute atomic E-state index is 11.1. The van der Waals surface area contributed by atoms with Crippen LogP contribution in [0.2, 0.25) is 0 Å². The minimum Gasteiger partial charge on any atom is -0.298 e. The molecule has 0 unspecified atom stereocenters. The van der Waals surface area contributed by atoms with Crippen molar-refractivity contribution < 1.29 is 22.3 Å². The summed E-state index contributed by atoms with van der Waals surface area (Å²) in [6.45, 7) is 4.43. The van der Waals surface area contributed by atoms with Gasteiger partial charge in [-0.1, -0.05) is 85.4 Å². The van der Waals surface area contributed by atoms with Gasteiger partial charge in [-0.3, -0.25) is 13.9 Å². The molecule has 0 bridgehead atoms. The van der Waals surface area contributed by atoms with E-state index in [9.17, 15) is 4.79 Å². The molecule has 170 valence electrons. The summed E-state index contributed by atoms with van der Waals surface area (Å²) in [5.74, 6) is 0. The second-order valence-corrected chi connectivity index (χ2v) is 9.47. The number of rotatable bonds is 4. The smallest absolute Gasteiger partial charge is 0.298 e. The molecule has 34 heavy (non-hydrogen) atoms. The Bertz CT molecular complexity index is 1590. The molecule has 7 heteroatoms. The highest BCUT2D eigenvalue weighted by atomic mass is 32.3. The number of hydrogen-bond donors (Lipinski definition) is 2. The Morgan fingerprint density at radius 3 is 2.06 bits per heavy atom. The van der Waals surface area contributed by atoms with E-state index < -0.39 is 10.4 Å². The molecular formula is C27H20O5S2. The van der Waals surface area contributed by atoms with Crippen LogP contribution in [0.15, 0.2) is 97.6 Å². The Hall–Kier alpha value is -3.62. The van der Waals surface area contributed by atoms with Crippen LogP contribution in [-0.2, 0) is 10.4 Å². The summed E-state index contributed by atoms with van der Waals surface area (Å²) in [7, 11) is -4.67. The molecule has 5 aromatic rings. The first-order valence-corrected chi connectivity index (χ1v) is 12.4. The van der Waals surface area contributed by atoms with E-state index in [2.05, 4.69) is 55.1 Å². The lowest BCUT2D eigenvalue weighted by molar-refractivity contribution is 0.112. The highest BCUT2D eigenvalue weighted by Crippen LogP contribution is 2.44. The molecule has 0 aliphatic rings. The number of fused-ring (bicyclic) bond motifs is 3. The third-order valence-electron chi connectivity index (χ3n) is 5.33. The minimum atomic E-state index is -4.67. The molecule has 0 fully saturated rings. The molecule has 5 rings (SSSR count). The minimum absolute atomic E-state index is 0.680. The van der Waals surface area contributed by atoms with Crippen LogP contribution < -0.4 is 0 Å². The van der Waals surface area contributed by atoms with E-state index in [1.165, 1.54) is 25.7 Å². The number of benzene rings is 4. The summed E-state index contributed by atoms with van der Waals surface area (Å²) in [6, 6.07) is 31.0. The van der Waals surface area contributed by atoms with Crippen molar-refractivity contribution in [2.24, 2.45) is 0 Å². The average molecular weight is 489 g/mol. The first kappa shape index (κ1) is 23.5. The molecule has 0 saturated heterocycles. The summed E-state index contributed by atoms with van der Waals surface area (Å²) in [5.41, 5.74) is 6.17. The number of hydrogen-bond acceptors (Lipinski definition) is 4. The normalized spacial score (nSPS) is 11.1. The van der Waals surface area contributed by atoms with Crippen molar-refractivity contribution >= 4 is 53.8 Å². The van der Waals surface area contributed by atoms with E-state index in [1.54, 1.807) is 0 Å². The zero-order valence-electron chi connectivity index (χ0n) is 17.9. The van der Waals surface area contributed by atoms with Crippen LogP contribution in [0, 0.1) is 0 Å². The monoisotopic (exact) mass is 488 g/mol. The van der Waals surface area contributed by atoms with Gasteiger partial charge in [-0.2, -0.15) is 8.42 Å². The van der Waals surface area contributed by atoms with Gasteiger partial charge in [-0.05, 0) is 40.0 Å². The Morgan fingerprint density at radius 1 is 0.794 bits per heavy atom. The lowest BCUT2D eigenvalue weighted by Gasteiger charge is -2.15. The first-order chi connectivity index (χ1) is 16.3. The van der Waals surface area contributed by atoms with Crippen LogP contribution in [0.3, 0.4) is 0 Å². The third kappa shape index (κ3) is 5.13. The van der Waals surface area contributed by atoms with Crippen molar-refractivity contribution in [1.29, 1.82) is 0 Å². The predicted molar refractivity (Wildman–Crippen MR) is 139 cm³/mol. The fourth-order valence-corrected chi connectivity index (χ4v) is 5.00. The Labute approximate surface area is 201 Å². The van der Waals surface area contributed by atoms with Crippen LogP contribution in [0.25, 0.3) is 36.9 Å².